The molecule has 1 saturated heterocycles. The molecule has 0 aliphatic carbocycles. The van der Waals surface area contributed by atoms with Crippen molar-refractivity contribution in [3.05, 3.63) is 29.8 Å². The van der Waals surface area contributed by atoms with Crippen molar-refractivity contribution in [2.45, 2.75) is 45.1 Å². The average Bonchev–Trinajstić information content (AvgIpc) is 2.95. The highest BCUT2D eigenvalue weighted by Crippen LogP contribution is 2.16. The highest BCUT2D eigenvalue weighted by Gasteiger charge is 2.15. The lowest BCUT2D eigenvalue weighted by Crippen LogP contribution is -2.34. The van der Waals surface area contributed by atoms with Gasteiger partial charge in [-0.3, -0.25) is 0 Å². The van der Waals surface area contributed by atoms with Crippen LogP contribution >= 0.6 is 0 Å². The number of piperidine rings is 1. The Labute approximate surface area is 118 Å². The van der Waals surface area contributed by atoms with E-state index in [0.29, 0.717) is 17.8 Å². The van der Waals surface area contributed by atoms with Crippen LogP contribution in [0.25, 0.3) is 11.5 Å². The summed E-state index contributed by atoms with van der Waals surface area (Å²) >= 11 is 0. The molecule has 1 atom stereocenters. The van der Waals surface area contributed by atoms with Crippen molar-refractivity contribution >= 4 is 0 Å². The fourth-order valence-electron chi connectivity index (χ4n) is 2.60. The fourth-order valence-corrected chi connectivity index (χ4v) is 2.60. The molecule has 0 radical (unpaired) electrons. The van der Waals surface area contributed by atoms with E-state index in [0.717, 1.165) is 30.8 Å². The van der Waals surface area contributed by atoms with Gasteiger partial charge >= 0.3 is 0 Å². The third-order valence-corrected chi connectivity index (χ3v) is 3.70. The van der Waals surface area contributed by atoms with Crippen LogP contribution < -0.4 is 5.32 Å². The van der Waals surface area contributed by atoms with Crippen LogP contribution in [-0.2, 0) is 6.42 Å². The van der Waals surface area contributed by atoms with Crippen molar-refractivity contribution in [3.8, 4) is 11.5 Å². The van der Waals surface area contributed by atoms with E-state index in [1.54, 1.807) is 0 Å². The number of hydrogen-bond acceptors (Lipinski definition) is 5. The summed E-state index contributed by atoms with van der Waals surface area (Å²) in [6.45, 7) is 3.09. The number of pyridine rings is 1. The maximum absolute atomic E-state index is 5.32. The molecule has 1 aliphatic heterocycles. The molecule has 5 heteroatoms. The van der Waals surface area contributed by atoms with Crippen LogP contribution in [0.5, 0.6) is 0 Å². The van der Waals surface area contributed by atoms with Gasteiger partial charge in [0, 0.05) is 18.2 Å². The molecule has 0 amide bonds. The van der Waals surface area contributed by atoms with Gasteiger partial charge in [-0.1, -0.05) is 17.6 Å². The van der Waals surface area contributed by atoms with Gasteiger partial charge in [-0.25, -0.2) is 4.98 Å². The lowest BCUT2D eigenvalue weighted by Gasteiger charge is -2.22. The molecule has 0 bridgehead atoms. The predicted octanol–water partition coefficient (Wildman–Crippen LogP) is 2.51. The summed E-state index contributed by atoms with van der Waals surface area (Å²) in [5, 5.41) is 7.56. The van der Waals surface area contributed by atoms with Crippen molar-refractivity contribution in [2.24, 2.45) is 0 Å². The van der Waals surface area contributed by atoms with Crippen LogP contribution in [0, 0.1) is 6.92 Å². The summed E-state index contributed by atoms with van der Waals surface area (Å²) in [7, 11) is 0. The quantitative estimate of drug-likeness (QED) is 0.926. The minimum atomic E-state index is 0.584. The minimum Gasteiger partial charge on any atom is -0.339 e. The normalized spacial score (nSPS) is 19.1. The number of nitrogens with one attached hydrogen (secondary N) is 1. The molecule has 1 unspecified atom stereocenters. The summed E-state index contributed by atoms with van der Waals surface area (Å²) in [6, 6.07) is 6.42. The van der Waals surface area contributed by atoms with E-state index in [4.69, 9.17) is 4.52 Å². The minimum absolute atomic E-state index is 0.584. The van der Waals surface area contributed by atoms with Gasteiger partial charge in [-0.2, -0.15) is 4.98 Å². The zero-order valence-electron chi connectivity index (χ0n) is 11.8. The van der Waals surface area contributed by atoms with Crippen LogP contribution in [0.4, 0.5) is 0 Å². The van der Waals surface area contributed by atoms with E-state index < -0.39 is 0 Å². The molecule has 20 heavy (non-hydrogen) atoms. The molecule has 5 nitrogen and oxygen atoms in total. The summed E-state index contributed by atoms with van der Waals surface area (Å²) in [4.78, 5) is 8.85. The van der Waals surface area contributed by atoms with Crippen molar-refractivity contribution in [1.82, 2.24) is 20.4 Å². The fraction of sp³-hybridized carbons (Fsp3) is 0.533. The third kappa shape index (κ3) is 3.22. The van der Waals surface area contributed by atoms with Gasteiger partial charge in [0.15, 0.2) is 0 Å². The number of nitrogens with zero attached hydrogens (tertiary/aromatic N) is 3. The summed E-state index contributed by atoms with van der Waals surface area (Å²) < 4.78 is 5.32. The van der Waals surface area contributed by atoms with E-state index in [1.807, 2.05) is 25.1 Å². The molecule has 2 aromatic rings. The zero-order valence-corrected chi connectivity index (χ0v) is 11.8. The lowest BCUT2D eigenvalue weighted by molar-refractivity contribution is 0.342. The highest BCUT2D eigenvalue weighted by molar-refractivity contribution is 5.47. The molecule has 0 saturated carbocycles. The van der Waals surface area contributed by atoms with E-state index in [1.165, 1.54) is 19.3 Å². The Morgan fingerprint density at radius 2 is 2.25 bits per heavy atom. The van der Waals surface area contributed by atoms with Crippen LogP contribution in [0.2, 0.25) is 0 Å². The van der Waals surface area contributed by atoms with Crippen LogP contribution in [0.15, 0.2) is 22.7 Å². The largest absolute Gasteiger partial charge is 0.339 e. The van der Waals surface area contributed by atoms with Crippen molar-refractivity contribution in [2.75, 3.05) is 6.54 Å². The number of aromatic nitrogens is 3. The van der Waals surface area contributed by atoms with E-state index in [-0.39, 0.29) is 0 Å². The van der Waals surface area contributed by atoms with Crippen molar-refractivity contribution in [1.29, 1.82) is 0 Å². The van der Waals surface area contributed by atoms with Gasteiger partial charge in [0.25, 0.3) is 0 Å². The Bertz CT molecular complexity index is 561. The van der Waals surface area contributed by atoms with Gasteiger partial charge in [0.2, 0.25) is 11.7 Å². The Balaban J connectivity index is 1.61. The zero-order chi connectivity index (χ0) is 13.8. The first-order valence-electron chi connectivity index (χ1n) is 7.31. The first kappa shape index (κ1) is 13.2. The first-order chi connectivity index (χ1) is 9.81. The smallest absolute Gasteiger partial charge is 0.227 e. The standard InChI is InChI=1S/C15H20N4O/c1-11-5-4-7-13(17-11)15-18-14(20-19-15)9-8-12-6-2-3-10-16-12/h4-5,7,12,16H,2-3,6,8-10H2,1H3. The molecule has 0 spiro atoms. The Kier molecular flexibility index (Phi) is 4.06. The lowest BCUT2D eigenvalue weighted by atomic mass is 10.0. The molecule has 1 aliphatic rings. The Hall–Kier alpha value is -1.75. The molecule has 0 aromatic carbocycles. The average molecular weight is 272 g/mol. The molecule has 3 rings (SSSR count). The Morgan fingerprint density at radius 3 is 3.05 bits per heavy atom. The van der Waals surface area contributed by atoms with Gasteiger partial charge < -0.3 is 9.84 Å². The van der Waals surface area contributed by atoms with Gasteiger partial charge in [-0.15, -0.1) is 0 Å². The molecule has 3 heterocycles. The summed E-state index contributed by atoms with van der Waals surface area (Å²) in [5.74, 6) is 1.29. The van der Waals surface area contributed by atoms with Crippen LogP contribution in [-0.4, -0.2) is 27.7 Å². The topological polar surface area (TPSA) is 63.8 Å². The summed E-state index contributed by atoms with van der Waals surface area (Å²) in [6.07, 6.45) is 5.75. The second-order valence-electron chi connectivity index (χ2n) is 5.36. The highest BCUT2D eigenvalue weighted by atomic mass is 16.5. The number of aryl methyl sites for hydroxylation is 2. The maximum atomic E-state index is 5.32. The van der Waals surface area contributed by atoms with E-state index in [2.05, 4.69) is 20.4 Å². The van der Waals surface area contributed by atoms with Crippen molar-refractivity contribution < 1.29 is 4.52 Å². The molecule has 1 N–H and O–H groups in total. The van der Waals surface area contributed by atoms with Gasteiger partial charge in [0.1, 0.15) is 5.69 Å². The SMILES string of the molecule is Cc1cccc(-c2noc(CCC3CCCCN3)n2)n1. The Morgan fingerprint density at radius 1 is 1.30 bits per heavy atom. The van der Waals surface area contributed by atoms with Crippen molar-refractivity contribution in [3.63, 3.8) is 0 Å². The second kappa shape index (κ2) is 6.13. The monoisotopic (exact) mass is 272 g/mol. The van der Waals surface area contributed by atoms with Gasteiger partial charge in [0.05, 0.1) is 0 Å². The number of rotatable bonds is 4. The molecular formula is C15H20N4O. The molecule has 2 aromatic heterocycles. The molecule has 1 fully saturated rings. The molecule has 106 valence electrons. The molecular weight excluding hydrogens is 252 g/mol. The first-order valence-corrected chi connectivity index (χ1v) is 7.31. The van der Waals surface area contributed by atoms with Crippen LogP contribution in [0.3, 0.4) is 0 Å². The number of hydrogen-bond donors (Lipinski definition) is 1. The van der Waals surface area contributed by atoms with Crippen LogP contribution in [0.1, 0.15) is 37.3 Å². The third-order valence-electron chi connectivity index (χ3n) is 3.70. The van der Waals surface area contributed by atoms with E-state index in [9.17, 15) is 0 Å². The maximum Gasteiger partial charge on any atom is 0.227 e. The predicted molar refractivity (Wildman–Crippen MR) is 76.2 cm³/mol. The summed E-state index contributed by atoms with van der Waals surface area (Å²) in [5.41, 5.74) is 1.73. The second-order valence-corrected chi connectivity index (χ2v) is 5.36. The van der Waals surface area contributed by atoms with E-state index >= 15 is 0 Å². The van der Waals surface area contributed by atoms with Gasteiger partial charge in [-0.05, 0) is 44.9 Å².